The van der Waals surface area contributed by atoms with Crippen molar-refractivity contribution in [3.8, 4) is 5.75 Å². The standard InChI is InChI=1S/C15H19NO5/c17-14(18)10-21-13-5-1-4-12(7-13)15(19)16-8-11-3-2-6-20-9-11/h1,4-5,7,11H,2-3,6,8-10H2,(H,16,19)(H,17,18). The molecule has 0 spiro atoms. The fourth-order valence-electron chi connectivity index (χ4n) is 2.18. The molecule has 1 unspecified atom stereocenters. The van der Waals surface area contributed by atoms with Crippen LogP contribution >= 0.6 is 0 Å². The highest BCUT2D eigenvalue weighted by Crippen LogP contribution is 2.15. The molecule has 2 rings (SSSR count). The van der Waals surface area contributed by atoms with Gasteiger partial charge in [-0.15, -0.1) is 0 Å². The lowest BCUT2D eigenvalue weighted by molar-refractivity contribution is -0.139. The lowest BCUT2D eigenvalue weighted by Crippen LogP contribution is -2.33. The molecule has 1 atom stereocenters. The highest BCUT2D eigenvalue weighted by molar-refractivity contribution is 5.94. The van der Waals surface area contributed by atoms with Gasteiger partial charge in [0.15, 0.2) is 6.61 Å². The third-order valence-corrected chi connectivity index (χ3v) is 3.26. The molecule has 1 amide bonds. The van der Waals surface area contributed by atoms with Gasteiger partial charge in [0.05, 0.1) is 6.61 Å². The number of carbonyl (C=O) groups is 2. The second kappa shape index (κ2) is 7.64. The van der Waals surface area contributed by atoms with Crippen LogP contribution in [0.15, 0.2) is 24.3 Å². The summed E-state index contributed by atoms with van der Waals surface area (Å²) in [6.45, 7) is 1.64. The Labute approximate surface area is 123 Å². The summed E-state index contributed by atoms with van der Waals surface area (Å²) in [5, 5.41) is 11.4. The quantitative estimate of drug-likeness (QED) is 0.826. The van der Waals surface area contributed by atoms with Crippen LogP contribution in [-0.2, 0) is 9.53 Å². The van der Waals surface area contributed by atoms with Crippen LogP contribution in [0.5, 0.6) is 5.75 Å². The van der Waals surface area contributed by atoms with Crippen molar-refractivity contribution in [2.24, 2.45) is 5.92 Å². The molecule has 1 saturated heterocycles. The molecule has 1 aromatic rings. The third kappa shape index (κ3) is 5.07. The van der Waals surface area contributed by atoms with Crippen LogP contribution in [0.3, 0.4) is 0 Å². The third-order valence-electron chi connectivity index (χ3n) is 3.26. The zero-order valence-corrected chi connectivity index (χ0v) is 11.7. The van der Waals surface area contributed by atoms with Gasteiger partial charge in [0.2, 0.25) is 0 Å². The van der Waals surface area contributed by atoms with Gasteiger partial charge in [-0.25, -0.2) is 4.79 Å². The molecule has 0 aliphatic carbocycles. The minimum Gasteiger partial charge on any atom is -0.482 e. The molecule has 6 nitrogen and oxygen atoms in total. The number of amides is 1. The first-order valence-electron chi connectivity index (χ1n) is 6.96. The zero-order chi connectivity index (χ0) is 15.1. The van der Waals surface area contributed by atoms with E-state index in [0.717, 1.165) is 19.4 Å². The van der Waals surface area contributed by atoms with Crippen LogP contribution in [0.25, 0.3) is 0 Å². The molecular weight excluding hydrogens is 274 g/mol. The van der Waals surface area contributed by atoms with Crippen molar-refractivity contribution in [3.05, 3.63) is 29.8 Å². The summed E-state index contributed by atoms with van der Waals surface area (Å²) in [5.41, 5.74) is 0.453. The van der Waals surface area contributed by atoms with E-state index in [1.165, 1.54) is 6.07 Å². The van der Waals surface area contributed by atoms with E-state index in [4.69, 9.17) is 14.6 Å². The molecule has 114 valence electrons. The largest absolute Gasteiger partial charge is 0.482 e. The number of nitrogens with one attached hydrogen (secondary N) is 1. The van der Waals surface area contributed by atoms with E-state index < -0.39 is 12.6 Å². The maximum Gasteiger partial charge on any atom is 0.341 e. The maximum absolute atomic E-state index is 12.1. The Morgan fingerprint density at radius 3 is 3.00 bits per heavy atom. The van der Waals surface area contributed by atoms with Crippen LogP contribution in [0.4, 0.5) is 0 Å². The lowest BCUT2D eigenvalue weighted by atomic mass is 10.0. The molecule has 0 radical (unpaired) electrons. The number of ether oxygens (including phenoxy) is 2. The maximum atomic E-state index is 12.1. The van der Waals surface area contributed by atoms with E-state index in [2.05, 4.69) is 5.32 Å². The van der Waals surface area contributed by atoms with Crippen molar-refractivity contribution < 1.29 is 24.2 Å². The average Bonchev–Trinajstić information content (AvgIpc) is 2.52. The average molecular weight is 293 g/mol. The first-order valence-corrected chi connectivity index (χ1v) is 6.96. The van der Waals surface area contributed by atoms with Crippen LogP contribution in [0, 0.1) is 5.92 Å². The second-order valence-electron chi connectivity index (χ2n) is 5.00. The Morgan fingerprint density at radius 1 is 1.43 bits per heavy atom. The van der Waals surface area contributed by atoms with E-state index in [-0.39, 0.29) is 5.91 Å². The molecular formula is C15H19NO5. The van der Waals surface area contributed by atoms with Crippen LogP contribution in [0.1, 0.15) is 23.2 Å². The van der Waals surface area contributed by atoms with E-state index in [1.807, 2.05) is 0 Å². The Morgan fingerprint density at radius 2 is 2.29 bits per heavy atom. The van der Waals surface area contributed by atoms with E-state index in [0.29, 0.717) is 30.4 Å². The van der Waals surface area contributed by atoms with Crippen LogP contribution in [-0.4, -0.2) is 43.3 Å². The van der Waals surface area contributed by atoms with Crippen molar-refractivity contribution in [1.29, 1.82) is 0 Å². The number of carbonyl (C=O) groups excluding carboxylic acids is 1. The van der Waals surface area contributed by atoms with Gasteiger partial charge in [0.25, 0.3) is 5.91 Å². The molecule has 1 heterocycles. The number of carboxylic acid groups (broad SMARTS) is 1. The molecule has 1 aliphatic rings. The number of hydrogen-bond acceptors (Lipinski definition) is 4. The Hall–Kier alpha value is -2.08. The fraction of sp³-hybridized carbons (Fsp3) is 0.467. The van der Waals surface area contributed by atoms with Crippen molar-refractivity contribution >= 4 is 11.9 Å². The minimum atomic E-state index is -1.05. The Bertz CT molecular complexity index is 497. The van der Waals surface area contributed by atoms with Gasteiger partial charge in [-0.3, -0.25) is 4.79 Å². The summed E-state index contributed by atoms with van der Waals surface area (Å²) >= 11 is 0. The number of aliphatic carboxylic acids is 1. The topological polar surface area (TPSA) is 84.9 Å². The summed E-state index contributed by atoms with van der Waals surface area (Å²) in [7, 11) is 0. The van der Waals surface area contributed by atoms with Crippen molar-refractivity contribution in [3.63, 3.8) is 0 Å². The molecule has 1 fully saturated rings. The molecule has 0 bridgehead atoms. The van der Waals surface area contributed by atoms with E-state index in [9.17, 15) is 9.59 Å². The molecule has 1 aromatic carbocycles. The number of benzene rings is 1. The summed E-state index contributed by atoms with van der Waals surface area (Å²) < 4.78 is 10.4. The van der Waals surface area contributed by atoms with Gasteiger partial charge in [-0.05, 0) is 37.0 Å². The first kappa shape index (κ1) is 15.3. The Balaban J connectivity index is 1.86. The van der Waals surface area contributed by atoms with Crippen LogP contribution < -0.4 is 10.1 Å². The highest BCUT2D eigenvalue weighted by atomic mass is 16.5. The van der Waals surface area contributed by atoms with Gasteiger partial charge >= 0.3 is 5.97 Å². The van der Waals surface area contributed by atoms with Crippen molar-refractivity contribution in [2.75, 3.05) is 26.4 Å². The Kier molecular flexibility index (Phi) is 5.57. The van der Waals surface area contributed by atoms with Crippen molar-refractivity contribution in [2.45, 2.75) is 12.8 Å². The van der Waals surface area contributed by atoms with Gasteiger partial charge in [0.1, 0.15) is 5.75 Å². The monoisotopic (exact) mass is 293 g/mol. The zero-order valence-electron chi connectivity index (χ0n) is 11.7. The normalized spacial score (nSPS) is 18.0. The lowest BCUT2D eigenvalue weighted by Gasteiger charge is -2.22. The molecule has 1 aliphatic heterocycles. The predicted molar refractivity (Wildman–Crippen MR) is 75.4 cm³/mol. The summed E-state index contributed by atoms with van der Waals surface area (Å²) in [6.07, 6.45) is 2.08. The van der Waals surface area contributed by atoms with Crippen LogP contribution in [0.2, 0.25) is 0 Å². The highest BCUT2D eigenvalue weighted by Gasteiger charge is 2.15. The number of carboxylic acids is 1. The van der Waals surface area contributed by atoms with E-state index >= 15 is 0 Å². The second-order valence-corrected chi connectivity index (χ2v) is 5.00. The molecule has 0 saturated carbocycles. The summed E-state index contributed by atoms with van der Waals surface area (Å²) in [6, 6.07) is 6.49. The van der Waals surface area contributed by atoms with Crippen molar-refractivity contribution in [1.82, 2.24) is 5.32 Å². The molecule has 6 heteroatoms. The first-order chi connectivity index (χ1) is 10.1. The molecule has 0 aromatic heterocycles. The fourth-order valence-corrected chi connectivity index (χ4v) is 2.18. The van der Waals surface area contributed by atoms with Gasteiger partial charge in [-0.2, -0.15) is 0 Å². The summed E-state index contributed by atoms with van der Waals surface area (Å²) in [4.78, 5) is 22.5. The predicted octanol–water partition coefficient (Wildman–Crippen LogP) is 1.31. The smallest absolute Gasteiger partial charge is 0.341 e. The minimum absolute atomic E-state index is 0.193. The number of rotatable bonds is 6. The van der Waals surface area contributed by atoms with Gasteiger partial charge < -0.3 is 19.9 Å². The number of hydrogen-bond donors (Lipinski definition) is 2. The van der Waals surface area contributed by atoms with Gasteiger partial charge in [0, 0.05) is 18.7 Å². The SMILES string of the molecule is O=C(O)COc1cccc(C(=O)NCC2CCCOC2)c1. The molecule has 21 heavy (non-hydrogen) atoms. The molecule has 2 N–H and O–H groups in total. The van der Waals surface area contributed by atoms with Gasteiger partial charge in [-0.1, -0.05) is 6.07 Å². The summed E-state index contributed by atoms with van der Waals surface area (Å²) in [5.74, 6) is -0.524. The van der Waals surface area contributed by atoms with E-state index in [1.54, 1.807) is 18.2 Å².